The Bertz CT molecular complexity index is 325. The lowest BCUT2D eigenvalue weighted by atomic mass is 9.89. The Balaban J connectivity index is 2.77. The van der Waals surface area contributed by atoms with Gasteiger partial charge in [-0.15, -0.1) is 0 Å². The Hall–Kier alpha value is -1.10. The summed E-state index contributed by atoms with van der Waals surface area (Å²) in [6.45, 7) is 6.66. The average molecular weight is 270 g/mol. The summed E-state index contributed by atoms with van der Waals surface area (Å²) in [5, 5.41) is 15.2. The molecule has 3 atom stereocenters. The van der Waals surface area contributed by atoms with Crippen LogP contribution in [0.4, 0.5) is 0 Å². The topological polar surface area (TPSA) is 78.4 Å². The summed E-state index contributed by atoms with van der Waals surface area (Å²) in [5.74, 6) is -1.17. The lowest BCUT2D eigenvalue weighted by Crippen LogP contribution is -2.58. The smallest absolute Gasteiger partial charge is 0.326 e. The fourth-order valence-corrected chi connectivity index (χ4v) is 2.72. The second-order valence-electron chi connectivity index (χ2n) is 5.54. The van der Waals surface area contributed by atoms with Gasteiger partial charge >= 0.3 is 5.97 Å². The van der Waals surface area contributed by atoms with Crippen molar-refractivity contribution in [2.24, 2.45) is 5.92 Å². The number of carbonyl (C=O) groups excluding carboxylic acids is 1. The fraction of sp³-hybridized carbons (Fsp3) is 0.857. The normalized spacial score (nSPS) is 25.8. The Morgan fingerprint density at radius 3 is 2.53 bits per heavy atom. The molecule has 1 amide bonds. The van der Waals surface area contributed by atoms with E-state index in [4.69, 9.17) is 0 Å². The van der Waals surface area contributed by atoms with E-state index in [1.165, 1.54) is 0 Å². The van der Waals surface area contributed by atoms with Gasteiger partial charge in [0.2, 0.25) is 5.91 Å². The second kappa shape index (κ2) is 6.89. The van der Waals surface area contributed by atoms with Crippen LogP contribution in [0, 0.1) is 5.92 Å². The van der Waals surface area contributed by atoms with E-state index >= 15 is 0 Å². The highest BCUT2D eigenvalue weighted by molar-refractivity contribution is 5.90. The summed E-state index contributed by atoms with van der Waals surface area (Å²) >= 11 is 0. The van der Waals surface area contributed by atoms with Gasteiger partial charge in [0, 0.05) is 0 Å². The maximum absolute atomic E-state index is 12.5. The van der Waals surface area contributed by atoms with E-state index in [2.05, 4.69) is 10.6 Å². The van der Waals surface area contributed by atoms with Crippen LogP contribution in [0.5, 0.6) is 0 Å². The van der Waals surface area contributed by atoms with Gasteiger partial charge < -0.3 is 15.7 Å². The highest BCUT2D eigenvalue weighted by Gasteiger charge is 2.41. The highest BCUT2D eigenvalue weighted by Crippen LogP contribution is 2.25. The second-order valence-corrected chi connectivity index (χ2v) is 5.54. The summed E-state index contributed by atoms with van der Waals surface area (Å²) in [4.78, 5) is 23.7. The maximum atomic E-state index is 12.5. The molecule has 110 valence electrons. The van der Waals surface area contributed by atoms with Gasteiger partial charge in [0.1, 0.15) is 6.04 Å². The SMILES string of the molecule is CCCC1(C(=O)N[C@H](C(=O)O)[C@@H](C)CC)CCCN1. The van der Waals surface area contributed by atoms with E-state index < -0.39 is 17.6 Å². The van der Waals surface area contributed by atoms with Crippen LogP contribution in [0.2, 0.25) is 0 Å². The van der Waals surface area contributed by atoms with Crippen molar-refractivity contribution >= 4 is 11.9 Å². The molecular weight excluding hydrogens is 244 g/mol. The lowest BCUT2D eigenvalue weighted by Gasteiger charge is -2.31. The molecule has 1 unspecified atom stereocenters. The first-order valence-electron chi connectivity index (χ1n) is 7.25. The van der Waals surface area contributed by atoms with Gasteiger partial charge in [-0.3, -0.25) is 4.79 Å². The number of hydrogen-bond donors (Lipinski definition) is 3. The van der Waals surface area contributed by atoms with Gasteiger partial charge in [-0.1, -0.05) is 33.6 Å². The van der Waals surface area contributed by atoms with E-state index in [-0.39, 0.29) is 11.8 Å². The molecule has 3 N–H and O–H groups in total. The summed E-state index contributed by atoms with van der Waals surface area (Å²) in [5.41, 5.74) is -0.560. The predicted molar refractivity (Wildman–Crippen MR) is 73.9 cm³/mol. The third-order valence-electron chi connectivity index (χ3n) is 4.12. The van der Waals surface area contributed by atoms with Crippen molar-refractivity contribution < 1.29 is 14.7 Å². The van der Waals surface area contributed by atoms with Gasteiger partial charge in [0.05, 0.1) is 5.54 Å². The maximum Gasteiger partial charge on any atom is 0.326 e. The first-order valence-corrected chi connectivity index (χ1v) is 7.25. The number of carboxylic acids is 1. The van der Waals surface area contributed by atoms with Crippen molar-refractivity contribution in [1.29, 1.82) is 0 Å². The minimum absolute atomic E-state index is 0.0680. The van der Waals surface area contributed by atoms with Crippen molar-refractivity contribution in [3.05, 3.63) is 0 Å². The van der Waals surface area contributed by atoms with Crippen LogP contribution in [0.3, 0.4) is 0 Å². The Morgan fingerprint density at radius 1 is 1.42 bits per heavy atom. The van der Waals surface area contributed by atoms with E-state index in [0.29, 0.717) is 0 Å². The van der Waals surface area contributed by atoms with E-state index in [9.17, 15) is 14.7 Å². The highest BCUT2D eigenvalue weighted by atomic mass is 16.4. The third kappa shape index (κ3) is 3.69. The lowest BCUT2D eigenvalue weighted by molar-refractivity contribution is -0.144. The summed E-state index contributed by atoms with van der Waals surface area (Å²) in [7, 11) is 0. The zero-order chi connectivity index (χ0) is 14.5. The fourth-order valence-electron chi connectivity index (χ4n) is 2.72. The largest absolute Gasteiger partial charge is 0.480 e. The monoisotopic (exact) mass is 270 g/mol. The van der Waals surface area contributed by atoms with E-state index in [1.54, 1.807) is 0 Å². The Kier molecular flexibility index (Phi) is 5.79. The molecule has 0 aromatic carbocycles. The Morgan fingerprint density at radius 2 is 2.11 bits per heavy atom. The predicted octanol–water partition coefficient (Wildman–Crippen LogP) is 1.52. The van der Waals surface area contributed by atoms with Crippen molar-refractivity contribution in [2.75, 3.05) is 6.54 Å². The van der Waals surface area contributed by atoms with Gasteiger partial charge in [0.15, 0.2) is 0 Å². The van der Waals surface area contributed by atoms with Crippen LogP contribution in [-0.2, 0) is 9.59 Å². The molecule has 0 radical (unpaired) electrons. The molecule has 0 spiro atoms. The number of carboxylic acid groups (broad SMARTS) is 1. The zero-order valence-electron chi connectivity index (χ0n) is 12.2. The van der Waals surface area contributed by atoms with Crippen molar-refractivity contribution in [1.82, 2.24) is 10.6 Å². The molecule has 0 aromatic rings. The Labute approximate surface area is 115 Å². The van der Waals surface area contributed by atoms with Crippen molar-refractivity contribution in [2.45, 2.75) is 64.5 Å². The number of aliphatic carboxylic acids is 1. The molecule has 5 heteroatoms. The van der Waals surface area contributed by atoms with Crippen LogP contribution in [-0.4, -0.2) is 35.1 Å². The quantitative estimate of drug-likeness (QED) is 0.655. The van der Waals surface area contributed by atoms with Crippen LogP contribution in [0.1, 0.15) is 52.9 Å². The van der Waals surface area contributed by atoms with Gasteiger partial charge in [-0.25, -0.2) is 4.79 Å². The first kappa shape index (κ1) is 16.0. The number of nitrogens with one attached hydrogen (secondary N) is 2. The molecule has 5 nitrogen and oxygen atoms in total. The number of amides is 1. The molecule has 1 aliphatic rings. The van der Waals surface area contributed by atoms with Gasteiger partial charge in [-0.05, 0) is 31.7 Å². The minimum atomic E-state index is -0.952. The molecule has 0 aromatic heterocycles. The first-order chi connectivity index (χ1) is 8.96. The summed E-state index contributed by atoms with van der Waals surface area (Å²) < 4.78 is 0. The molecule has 0 saturated carbocycles. The van der Waals surface area contributed by atoms with Crippen LogP contribution < -0.4 is 10.6 Å². The van der Waals surface area contributed by atoms with E-state index in [1.807, 2.05) is 20.8 Å². The summed E-state index contributed by atoms with van der Waals surface area (Å²) in [6.07, 6.45) is 4.15. The number of hydrogen-bond acceptors (Lipinski definition) is 3. The molecular formula is C14H26N2O3. The van der Waals surface area contributed by atoms with Crippen LogP contribution in [0.25, 0.3) is 0 Å². The summed E-state index contributed by atoms with van der Waals surface area (Å²) in [6, 6.07) is -0.798. The standard InChI is InChI=1S/C14H26N2O3/c1-4-7-14(8-6-9-15-14)13(19)16-11(12(17)18)10(3)5-2/h10-11,15H,4-9H2,1-3H3,(H,16,19)(H,17,18)/t10-,11-,14?/m0/s1. The minimum Gasteiger partial charge on any atom is -0.480 e. The number of rotatable bonds is 7. The van der Waals surface area contributed by atoms with Crippen molar-refractivity contribution in [3.8, 4) is 0 Å². The molecule has 0 aliphatic carbocycles. The molecule has 1 rings (SSSR count). The van der Waals surface area contributed by atoms with Crippen LogP contribution >= 0.6 is 0 Å². The van der Waals surface area contributed by atoms with Gasteiger partial charge in [0.25, 0.3) is 0 Å². The molecule has 1 aliphatic heterocycles. The third-order valence-corrected chi connectivity index (χ3v) is 4.12. The molecule has 1 heterocycles. The molecule has 0 bridgehead atoms. The van der Waals surface area contributed by atoms with Crippen LogP contribution in [0.15, 0.2) is 0 Å². The van der Waals surface area contributed by atoms with Gasteiger partial charge in [-0.2, -0.15) is 0 Å². The van der Waals surface area contributed by atoms with Crippen molar-refractivity contribution in [3.63, 3.8) is 0 Å². The molecule has 1 saturated heterocycles. The molecule has 1 fully saturated rings. The van der Waals surface area contributed by atoms with E-state index in [0.717, 1.165) is 38.6 Å². The average Bonchev–Trinajstić information content (AvgIpc) is 2.84. The molecule has 19 heavy (non-hydrogen) atoms. The number of carbonyl (C=O) groups is 2. The zero-order valence-corrected chi connectivity index (χ0v) is 12.2.